The zero-order chi connectivity index (χ0) is 21.8. The number of benzene rings is 1. The van der Waals surface area contributed by atoms with Gasteiger partial charge in [0.2, 0.25) is 0 Å². The number of hydrogen-bond donors (Lipinski definition) is 3. The van der Waals surface area contributed by atoms with Gasteiger partial charge in [-0.3, -0.25) is 13.6 Å². The average Bonchev–Trinajstić information content (AvgIpc) is 3.26. The lowest BCUT2D eigenvalue weighted by atomic mass is 10.1. The number of fused-ring (bicyclic) bond motifs is 2. The minimum atomic E-state index is -4.26. The number of nitrogens with two attached hydrogens (primary N) is 1. The molecule has 5 atom stereocenters. The monoisotopic (exact) mass is 467 g/mol. The maximum atomic E-state index is 11.8. The van der Waals surface area contributed by atoms with Crippen molar-refractivity contribution < 1.29 is 33.1 Å². The van der Waals surface area contributed by atoms with Crippen LogP contribution >= 0.6 is 19.6 Å². The summed E-state index contributed by atoms with van der Waals surface area (Å²) in [6.07, 6.45) is -2.79. The number of nitrogens with zero attached hydrogens (tertiary/aromatic N) is 4. The van der Waals surface area contributed by atoms with Gasteiger partial charge in [-0.15, -0.1) is 0 Å². The minimum Gasteiger partial charge on any atom is -0.497 e. The molecule has 1 unspecified atom stereocenters. The lowest BCUT2D eigenvalue weighted by Crippen LogP contribution is -2.39. The first-order valence-corrected chi connectivity index (χ1v) is 11.5. The highest BCUT2D eigenvalue weighted by Crippen LogP contribution is 2.53. The molecule has 14 heteroatoms. The number of imidazole rings is 1. The normalized spacial score (nSPS) is 30.4. The molecular weight excluding hydrogens is 449 g/mol. The van der Waals surface area contributed by atoms with Gasteiger partial charge in [0, 0.05) is 4.90 Å². The standard InChI is InChI=1S/C17H18N5O7PS/c1-26-8-2-4-9(5-3-8)31-17-21-11-14(18)19-7-20-15(11)22(17)16-12(23)13-10(28-16)6-27-30(24,25)29-13/h2-5,7,10,12-13,16,23H,6H2,1H3,(H,24,25)(H2,18,19,20)/t10-,12-,13-,16-/m1/s1. The Morgan fingerprint density at radius 1 is 1.32 bits per heavy atom. The largest absolute Gasteiger partial charge is 0.497 e. The van der Waals surface area contributed by atoms with Crippen LogP contribution in [-0.4, -0.2) is 61.5 Å². The smallest absolute Gasteiger partial charge is 0.472 e. The summed E-state index contributed by atoms with van der Waals surface area (Å²) in [5.74, 6) is 0.877. The summed E-state index contributed by atoms with van der Waals surface area (Å²) < 4.78 is 34.4. The minimum absolute atomic E-state index is 0.171. The maximum Gasteiger partial charge on any atom is 0.472 e. The Kier molecular flexibility index (Phi) is 5.13. The molecule has 4 N–H and O–H groups in total. The molecule has 5 rings (SSSR count). The summed E-state index contributed by atoms with van der Waals surface area (Å²) >= 11 is 1.30. The molecule has 2 aromatic heterocycles. The molecule has 31 heavy (non-hydrogen) atoms. The summed E-state index contributed by atoms with van der Waals surface area (Å²) in [6, 6.07) is 7.33. The van der Waals surface area contributed by atoms with E-state index in [4.69, 9.17) is 24.3 Å². The predicted octanol–water partition coefficient (Wildman–Crippen LogP) is 1.34. The molecule has 2 aliphatic heterocycles. The topological polar surface area (TPSA) is 164 Å². The second-order valence-corrected chi connectivity index (χ2v) is 9.31. The van der Waals surface area contributed by atoms with E-state index in [1.165, 1.54) is 18.1 Å². The molecule has 0 aliphatic carbocycles. The number of nitrogen functional groups attached to an aromatic ring is 1. The number of anilines is 1. The number of phosphoric acid groups is 1. The molecule has 0 saturated carbocycles. The fourth-order valence-corrected chi connectivity index (χ4v) is 5.38. The zero-order valence-corrected chi connectivity index (χ0v) is 17.8. The lowest BCUT2D eigenvalue weighted by Gasteiger charge is -2.27. The fraction of sp³-hybridized carbons (Fsp3) is 0.353. The summed E-state index contributed by atoms with van der Waals surface area (Å²) in [5, 5.41) is 11.3. The van der Waals surface area contributed by atoms with Crippen molar-refractivity contribution in [1.82, 2.24) is 19.5 Å². The van der Waals surface area contributed by atoms with Crippen LogP contribution in [0.4, 0.5) is 5.82 Å². The molecular formula is C17H18N5O7PS. The number of aromatic nitrogens is 4. The van der Waals surface area contributed by atoms with Crippen molar-refractivity contribution in [2.45, 2.75) is 34.6 Å². The highest BCUT2D eigenvalue weighted by molar-refractivity contribution is 7.99. The molecule has 2 aliphatic rings. The van der Waals surface area contributed by atoms with E-state index in [1.807, 2.05) is 24.3 Å². The second-order valence-electron chi connectivity index (χ2n) is 6.86. The van der Waals surface area contributed by atoms with Gasteiger partial charge in [0.25, 0.3) is 0 Å². The summed E-state index contributed by atoms with van der Waals surface area (Å²) in [7, 11) is -2.67. The van der Waals surface area contributed by atoms with Crippen molar-refractivity contribution in [3.63, 3.8) is 0 Å². The van der Waals surface area contributed by atoms with E-state index in [1.54, 1.807) is 11.7 Å². The van der Waals surface area contributed by atoms with Gasteiger partial charge >= 0.3 is 7.82 Å². The Bertz CT molecular complexity index is 1180. The van der Waals surface area contributed by atoms with Gasteiger partial charge in [0.1, 0.15) is 30.4 Å². The molecule has 3 aromatic rings. The van der Waals surface area contributed by atoms with E-state index in [-0.39, 0.29) is 12.4 Å². The van der Waals surface area contributed by atoms with Gasteiger partial charge in [-0.05, 0) is 24.3 Å². The van der Waals surface area contributed by atoms with Crippen LogP contribution in [-0.2, 0) is 18.3 Å². The second kappa shape index (κ2) is 7.71. The third-order valence-electron chi connectivity index (χ3n) is 4.96. The molecule has 0 bridgehead atoms. The maximum absolute atomic E-state index is 11.8. The van der Waals surface area contributed by atoms with Gasteiger partial charge in [0.05, 0.1) is 13.7 Å². The quantitative estimate of drug-likeness (QED) is 0.472. The summed E-state index contributed by atoms with van der Waals surface area (Å²) in [6.45, 7) is -0.198. The highest BCUT2D eigenvalue weighted by Gasteiger charge is 2.53. The van der Waals surface area contributed by atoms with E-state index >= 15 is 0 Å². The Balaban J connectivity index is 1.56. The van der Waals surface area contributed by atoms with Crippen molar-refractivity contribution in [2.24, 2.45) is 0 Å². The first-order chi connectivity index (χ1) is 14.9. The Hall–Kier alpha value is -2.25. The van der Waals surface area contributed by atoms with Gasteiger partial charge in [-0.2, -0.15) is 0 Å². The van der Waals surface area contributed by atoms with Gasteiger partial charge in [0.15, 0.2) is 28.4 Å². The van der Waals surface area contributed by atoms with Crippen molar-refractivity contribution in [2.75, 3.05) is 19.5 Å². The number of phosphoric ester groups is 1. The molecule has 2 saturated heterocycles. The van der Waals surface area contributed by atoms with Crippen LogP contribution in [0.25, 0.3) is 11.2 Å². The average molecular weight is 467 g/mol. The van der Waals surface area contributed by atoms with Crippen LogP contribution < -0.4 is 10.5 Å². The third-order valence-corrected chi connectivity index (χ3v) is 6.93. The number of ether oxygens (including phenoxy) is 2. The van der Waals surface area contributed by atoms with Crippen molar-refractivity contribution in [3.05, 3.63) is 30.6 Å². The number of aliphatic hydroxyl groups is 1. The fourth-order valence-electron chi connectivity index (χ4n) is 3.51. The van der Waals surface area contributed by atoms with Crippen molar-refractivity contribution in [1.29, 1.82) is 0 Å². The Morgan fingerprint density at radius 3 is 2.84 bits per heavy atom. The zero-order valence-electron chi connectivity index (χ0n) is 16.1. The van der Waals surface area contributed by atoms with Gasteiger partial charge < -0.3 is 25.2 Å². The van der Waals surface area contributed by atoms with E-state index in [0.29, 0.717) is 22.1 Å². The van der Waals surface area contributed by atoms with E-state index in [9.17, 15) is 14.6 Å². The van der Waals surface area contributed by atoms with E-state index in [0.717, 1.165) is 4.90 Å². The van der Waals surface area contributed by atoms with E-state index in [2.05, 4.69) is 15.0 Å². The highest BCUT2D eigenvalue weighted by atomic mass is 32.2. The SMILES string of the molecule is COc1ccc(Sc2nc3c(N)ncnc3n2[C@@H]2O[C@@H]3COP(=O)(O)O[C@H]3[C@H]2O)cc1. The number of methoxy groups -OCH3 is 1. The van der Waals surface area contributed by atoms with Gasteiger partial charge in [-0.1, -0.05) is 11.8 Å². The third kappa shape index (κ3) is 3.68. The molecule has 1 aromatic carbocycles. The van der Waals surface area contributed by atoms with Crippen molar-refractivity contribution >= 4 is 36.6 Å². The first kappa shape index (κ1) is 20.6. The molecule has 4 heterocycles. The summed E-state index contributed by atoms with van der Waals surface area (Å²) in [4.78, 5) is 23.3. The number of hydrogen-bond acceptors (Lipinski definition) is 11. The lowest BCUT2D eigenvalue weighted by molar-refractivity contribution is -0.0684. The van der Waals surface area contributed by atoms with Crippen LogP contribution in [0.3, 0.4) is 0 Å². The number of rotatable bonds is 4. The van der Waals surface area contributed by atoms with Crippen LogP contribution in [0, 0.1) is 0 Å². The Morgan fingerprint density at radius 2 is 2.10 bits per heavy atom. The van der Waals surface area contributed by atoms with Crippen LogP contribution in [0.15, 0.2) is 40.6 Å². The van der Waals surface area contributed by atoms with Gasteiger partial charge in [-0.25, -0.2) is 19.5 Å². The molecule has 0 radical (unpaired) electrons. The molecule has 12 nitrogen and oxygen atoms in total. The van der Waals surface area contributed by atoms with Crippen LogP contribution in [0.2, 0.25) is 0 Å². The summed E-state index contributed by atoms with van der Waals surface area (Å²) in [5.41, 5.74) is 6.67. The van der Waals surface area contributed by atoms with Crippen LogP contribution in [0.1, 0.15) is 6.23 Å². The molecule has 164 valence electrons. The predicted molar refractivity (Wildman–Crippen MR) is 107 cm³/mol. The molecule has 0 spiro atoms. The Labute approximate surface area is 179 Å². The number of aliphatic hydroxyl groups excluding tert-OH is 1. The first-order valence-electron chi connectivity index (χ1n) is 9.16. The van der Waals surface area contributed by atoms with Crippen LogP contribution in [0.5, 0.6) is 5.75 Å². The van der Waals surface area contributed by atoms with Crippen molar-refractivity contribution in [3.8, 4) is 5.75 Å². The molecule has 2 fully saturated rings. The molecule has 0 amide bonds. The van der Waals surface area contributed by atoms with E-state index < -0.39 is 32.4 Å².